The molecule has 4 heteroatoms. The van der Waals surface area contributed by atoms with Gasteiger partial charge in [-0.25, -0.2) is 0 Å². The van der Waals surface area contributed by atoms with Crippen LogP contribution in [0.1, 0.15) is 44.6 Å². The quantitative estimate of drug-likeness (QED) is 0.833. The number of rotatable bonds is 5. The second-order valence-electron chi connectivity index (χ2n) is 6.46. The van der Waals surface area contributed by atoms with Crippen molar-refractivity contribution in [2.45, 2.75) is 51.6 Å². The summed E-state index contributed by atoms with van der Waals surface area (Å²) in [6.45, 7) is 6.55. The normalized spacial score (nSPS) is 26.9. The molecule has 0 saturated carbocycles. The Morgan fingerprint density at radius 3 is 3.05 bits per heavy atom. The Balaban J connectivity index is 1.60. The van der Waals surface area contributed by atoms with E-state index in [0.717, 1.165) is 51.9 Å². The van der Waals surface area contributed by atoms with Crippen LogP contribution >= 0.6 is 11.3 Å². The maximum Gasteiger partial charge on any atom is 0.222 e. The first-order valence-electron chi connectivity index (χ1n) is 8.31. The summed E-state index contributed by atoms with van der Waals surface area (Å²) in [6, 6.07) is 2.74. The van der Waals surface area contributed by atoms with Crippen molar-refractivity contribution in [3.05, 3.63) is 22.4 Å². The van der Waals surface area contributed by atoms with E-state index in [0.29, 0.717) is 17.9 Å². The summed E-state index contributed by atoms with van der Waals surface area (Å²) in [5.74, 6) is 1.09. The summed E-state index contributed by atoms with van der Waals surface area (Å²) in [4.78, 5) is 17.0. The molecule has 0 aliphatic carbocycles. The topological polar surface area (TPSA) is 23.6 Å². The number of unbranched alkanes of at least 4 members (excludes halogenated alkanes) is 1. The minimum atomic E-state index is 0.399. The molecule has 0 radical (unpaired) electrons. The number of carbonyl (C=O) groups is 1. The van der Waals surface area contributed by atoms with Gasteiger partial charge in [-0.1, -0.05) is 13.3 Å². The number of thiophene rings is 1. The summed E-state index contributed by atoms with van der Waals surface area (Å²) in [7, 11) is 0. The molecule has 2 atom stereocenters. The molecule has 0 bridgehead atoms. The number of likely N-dealkylation sites (tertiary alicyclic amines) is 2. The van der Waals surface area contributed by atoms with Crippen molar-refractivity contribution in [2.24, 2.45) is 5.92 Å². The molecule has 0 aromatic carbocycles. The van der Waals surface area contributed by atoms with Gasteiger partial charge in [-0.3, -0.25) is 9.69 Å². The Morgan fingerprint density at radius 2 is 2.29 bits per heavy atom. The standard InChI is InChI=1S/C17H26N2OS/c1-2-3-8-19-16-6-9-18(11-14-7-10-21-13-14)12-15(16)4-5-17(19)20/h7,10,13,15-16H,2-6,8-9,11-12H2,1H3/t15-,16+/m1/s1. The number of hydrogen-bond acceptors (Lipinski definition) is 3. The van der Waals surface area contributed by atoms with Crippen LogP contribution in [0, 0.1) is 5.92 Å². The number of fused-ring (bicyclic) bond motifs is 1. The van der Waals surface area contributed by atoms with E-state index in [4.69, 9.17) is 0 Å². The largest absolute Gasteiger partial charge is 0.339 e. The fourth-order valence-electron chi connectivity index (χ4n) is 3.83. The smallest absolute Gasteiger partial charge is 0.222 e. The monoisotopic (exact) mass is 306 g/mol. The van der Waals surface area contributed by atoms with Crippen LogP contribution in [0.4, 0.5) is 0 Å². The molecule has 2 aliphatic rings. The van der Waals surface area contributed by atoms with E-state index in [2.05, 4.69) is 33.6 Å². The van der Waals surface area contributed by atoms with Crippen molar-refractivity contribution in [2.75, 3.05) is 19.6 Å². The van der Waals surface area contributed by atoms with Crippen LogP contribution in [0.25, 0.3) is 0 Å². The van der Waals surface area contributed by atoms with E-state index in [1.54, 1.807) is 11.3 Å². The van der Waals surface area contributed by atoms with Crippen LogP contribution in [-0.2, 0) is 11.3 Å². The second kappa shape index (κ2) is 6.93. The predicted molar refractivity (Wildman–Crippen MR) is 87.3 cm³/mol. The van der Waals surface area contributed by atoms with E-state index < -0.39 is 0 Å². The fourth-order valence-corrected chi connectivity index (χ4v) is 4.49. The van der Waals surface area contributed by atoms with Gasteiger partial charge in [0.2, 0.25) is 5.91 Å². The minimum Gasteiger partial charge on any atom is -0.339 e. The number of piperidine rings is 2. The van der Waals surface area contributed by atoms with E-state index in [1.165, 1.54) is 12.0 Å². The van der Waals surface area contributed by atoms with Gasteiger partial charge in [-0.2, -0.15) is 11.3 Å². The number of hydrogen-bond donors (Lipinski definition) is 0. The maximum absolute atomic E-state index is 12.2. The van der Waals surface area contributed by atoms with Gasteiger partial charge >= 0.3 is 0 Å². The molecule has 1 aromatic rings. The average Bonchev–Trinajstić information content (AvgIpc) is 2.99. The third-order valence-electron chi connectivity index (χ3n) is 4.97. The predicted octanol–water partition coefficient (Wildman–Crippen LogP) is 3.36. The summed E-state index contributed by atoms with van der Waals surface area (Å²) in [5.41, 5.74) is 1.44. The van der Waals surface area contributed by atoms with E-state index in [-0.39, 0.29) is 0 Å². The van der Waals surface area contributed by atoms with Gasteiger partial charge in [-0.05, 0) is 47.6 Å². The molecule has 1 amide bonds. The van der Waals surface area contributed by atoms with Gasteiger partial charge in [-0.15, -0.1) is 0 Å². The zero-order valence-corrected chi connectivity index (χ0v) is 13.8. The number of nitrogens with zero attached hydrogens (tertiary/aromatic N) is 2. The summed E-state index contributed by atoms with van der Waals surface area (Å²) in [5, 5.41) is 4.41. The highest BCUT2D eigenvalue weighted by molar-refractivity contribution is 7.07. The lowest BCUT2D eigenvalue weighted by molar-refractivity contribution is -0.141. The first-order chi connectivity index (χ1) is 10.3. The van der Waals surface area contributed by atoms with Crippen LogP contribution < -0.4 is 0 Å². The molecule has 3 rings (SSSR count). The van der Waals surface area contributed by atoms with Gasteiger partial charge in [0, 0.05) is 38.6 Å². The highest BCUT2D eigenvalue weighted by Gasteiger charge is 2.38. The Morgan fingerprint density at radius 1 is 1.38 bits per heavy atom. The summed E-state index contributed by atoms with van der Waals surface area (Å²) < 4.78 is 0. The van der Waals surface area contributed by atoms with Crippen molar-refractivity contribution >= 4 is 17.2 Å². The number of carbonyl (C=O) groups excluding carboxylic acids is 1. The molecule has 0 N–H and O–H groups in total. The lowest BCUT2D eigenvalue weighted by Gasteiger charge is -2.47. The van der Waals surface area contributed by atoms with Crippen LogP contribution in [0.3, 0.4) is 0 Å². The summed E-state index contributed by atoms with van der Waals surface area (Å²) >= 11 is 1.78. The van der Waals surface area contributed by atoms with Gasteiger partial charge in [0.05, 0.1) is 0 Å². The molecular weight excluding hydrogens is 280 g/mol. The van der Waals surface area contributed by atoms with Crippen molar-refractivity contribution in [3.63, 3.8) is 0 Å². The molecule has 3 heterocycles. The zero-order valence-electron chi connectivity index (χ0n) is 13.0. The van der Waals surface area contributed by atoms with Crippen LogP contribution in [0.5, 0.6) is 0 Å². The van der Waals surface area contributed by atoms with Crippen molar-refractivity contribution in [1.29, 1.82) is 0 Å². The van der Waals surface area contributed by atoms with Gasteiger partial charge in [0.25, 0.3) is 0 Å². The first kappa shape index (κ1) is 15.0. The Hall–Kier alpha value is -0.870. The molecule has 2 aliphatic heterocycles. The molecular formula is C17H26N2OS. The molecule has 0 spiro atoms. The summed E-state index contributed by atoms with van der Waals surface area (Å²) in [6.07, 6.45) is 5.33. The third kappa shape index (κ3) is 3.49. The van der Waals surface area contributed by atoms with Crippen molar-refractivity contribution < 1.29 is 4.79 Å². The maximum atomic E-state index is 12.2. The average molecular weight is 306 g/mol. The minimum absolute atomic E-state index is 0.399. The van der Waals surface area contributed by atoms with Crippen LogP contribution in [0.15, 0.2) is 16.8 Å². The lowest BCUT2D eigenvalue weighted by Crippen LogP contribution is -2.55. The molecule has 2 saturated heterocycles. The Labute approximate surface area is 131 Å². The zero-order chi connectivity index (χ0) is 14.7. The lowest BCUT2D eigenvalue weighted by atomic mass is 9.83. The highest BCUT2D eigenvalue weighted by atomic mass is 32.1. The van der Waals surface area contributed by atoms with E-state index in [9.17, 15) is 4.79 Å². The SMILES string of the molecule is CCCCN1C(=O)CC[C@@H]2CN(Cc3ccsc3)CC[C@@H]21. The molecule has 0 unspecified atom stereocenters. The second-order valence-corrected chi connectivity index (χ2v) is 7.24. The molecule has 2 fully saturated rings. The van der Waals surface area contributed by atoms with Gasteiger partial charge in [0.15, 0.2) is 0 Å². The first-order valence-corrected chi connectivity index (χ1v) is 9.25. The van der Waals surface area contributed by atoms with Gasteiger partial charge in [0.1, 0.15) is 0 Å². The molecule has 21 heavy (non-hydrogen) atoms. The van der Waals surface area contributed by atoms with Crippen molar-refractivity contribution in [3.8, 4) is 0 Å². The van der Waals surface area contributed by atoms with Crippen molar-refractivity contribution in [1.82, 2.24) is 9.80 Å². The van der Waals surface area contributed by atoms with Gasteiger partial charge < -0.3 is 4.90 Å². The third-order valence-corrected chi connectivity index (χ3v) is 5.70. The molecule has 1 aromatic heterocycles. The fraction of sp³-hybridized carbons (Fsp3) is 0.706. The molecule has 3 nitrogen and oxygen atoms in total. The highest BCUT2D eigenvalue weighted by Crippen LogP contribution is 2.32. The Bertz CT molecular complexity index is 459. The van der Waals surface area contributed by atoms with Crippen LogP contribution in [0.2, 0.25) is 0 Å². The van der Waals surface area contributed by atoms with E-state index >= 15 is 0 Å². The molecule has 116 valence electrons. The number of amides is 1. The van der Waals surface area contributed by atoms with E-state index in [1.807, 2.05) is 0 Å². The van der Waals surface area contributed by atoms with Crippen LogP contribution in [-0.4, -0.2) is 41.4 Å². The Kier molecular flexibility index (Phi) is 4.96.